The van der Waals surface area contributed by atoms with E-state index in [0.29, 0.717) is 0 Å². The first-order chi connectivity index (χ1) is 12.9. The Morgan fingerprint density at radius 2 is 0.885 bits per heavy atom. The first-order valence-electron chi connectivity index (χ1n) is 12.9. The number of unbranched alkanes of at least 4 members (excludes halogenated alkanes) is 2. The van der Waals surface area contributed by atoms with Gasteiger partial charge in [0, 0.05) is 0 Å². The Morgan fingerprint density at radius 1 is 0.462 bits per heavy atom. The topological polar surface area (TPSA) is 0 Å². The fraction of sp³-hybridized carbons (Fsp3) is 1.00. The normalized spacial score (nSPS) is 29.0. The maximum Gasteiger partial charge on any atom is -0.0386 e. The highest BCUT2D eigenvalue weighted by atomic mass is 14.3. The molecule has 0 amide bonds. The predicted molar refractivity (Wildman–Crippen MR) is 118 cm³/mol. The number of hydrogen-bond acceptors (Lipinski definition) is 0. The molecule has 2 aliphatic rings. The molecular weight excluding hydrogens is 312 g/mol. The van der Waals surface area contributed by atoms with Crippen molar-refractivity contribution in [2.24, 2.45) is 17.8 Å². The lowest BCUT2D eigenvalue weighted by molar-refractivity contribution is 0.210. The van der Waals surface area contributed by atoms with Gasteiger partial charge in [0.15, 0.2) is 0 Å². The molecule has 2 aliphatic carbocycles. The maximum absolute atomic E-state index is 2.35. The molecule has 2 unspecified atom stereocenters. The summed E-state index contributed by atoms with van der Waals surface area (Å²) in [5, 5.41) is 0. The lowest BCUT2D eigenvalue weighted by Crippen LogP contribution is -2.18. The zero-order valence-corrected chi connectivity index (χ0v) is 18.3. The fourth-order valence-corrected chi connectivity index (χ4v) is 5.91. The lowest BCUT2D eigenvalue weighted by atomic mass is 9.75. The predicted octanol–water partition coefficient (Wildman–Crippen LogP) is 9.46. The summed E-state index contributed by atoms with van der Waals surface area (Å²) in [5.74, 6) is 3.23. The van der Waals surface area contributed by atoms with Crippen molar-refractivity contribution < 1.29 is 0 Å². The highest BCUT2D eigenvalue weighted by molar-refractivity contribution is 4.75. The third-order valence-electron chi connectivity index (χ3n) is 7.66. The van der Waals surface area contributed by atoms with Crippen LogP contribution in [-0.4, -0.2) is 0 Å². The molecule has 0 spiro atoms. The van der Waals surface area contributed by atoms with Crippen molar-refractivity contribution in [2.45, 2.75) is 148 Å². The van der Waals surface area contributed by atoms with Crippen LogP contribution < -0.4 is 0 Å². The van der Waals surface area contributed by atoms with E-state index in [9.17, 15) is 0 Å². The Labute approximate surface area is 166 Å². The van der Waals surface area contributed by atoms with Gasteiger partial charge in [0.1, 0.15) is 0 Å². The van der Waals surface area contributed by atoms with Crippen LogP contribution in [0.5, 0.6) is 0 Å². The molecule has 26 heavy (non-hydrogen) atoms. The molecule has 0 aromatic rings. The highest BCUT2D eigenvalue weighted by Gasteiger charge is 2.23. The molecule has 0 aliphatic heterocycles. The van der Waals surface area contributed by atoms with Crippen molar-refractivity contribution in [3.05, 3.63) is 0 Å². The van der Waals surface area contributed by atoms with Gasteiger partial charge in [-0.05, 0) is 17.8 Å². The quantitative estimate of drug-likeness (QED) is 0.427. The number of hydrogen-bond donors (Lipinski definition) is 0. The summed E-state index contributed by atoms with van der Waals surface area (Å²) in [5.41, 5.74) is 0. The van der Waals surface area contributed by atoms with Gasteiger partial charge in [-0.2, -0.15) is 0 Å². The largest absolute Gasteiger partial charge is 0.0654 e. The van der Waals surface area contributed by atoms with Gasteiger partial charge in [-0.15, -0.1) is 0 Å². The van der Waals surface area contributed by atoms with Gasteiger partial charge in [0.25, 0.3) is 0 Å². The van der Waals surface area contributed by atoms with E-state index in [2.05, 4.69) is 6.92 Å². The van der Waals surface area contributed by atoms with Gasteiger partial charge in [-0.25, -0.2) is 0 Å². The summed E-state index contributed by atoms with van der Waals surface area (Å²) in [7, 11) is 0. The molecule has 154 valence electrons. The molecular formula is C26H50. The SMILES string of the molecule is CCCCCC1CCCCCCCCCCC(C2CCCCC2)CCC1. The molecule has 0 saturated heterocycles. The van der Waals surface area contributed by atoms with E-state index >= 15 is 0 Å². The molecule has 2 fully saturated rings. The lowest BCUT2D eigenvalue weighted by Gasteiger charge is -2.31. The van der Waals surface area contributed by atoms with Crippen molar-refractivity contribution in [1.82, 2.24) is 0 Å². The minimum absolute atomic E-state index is 1.05. The van der Waals surface area contributed by atoms with E-state index in [1.54, 1.807) is 32.1 Å². The first kappa shape index (κ1) is 22.3. The summed E-state index contributed by atoms with van der Waals surface area (Å²) < 4.78 is 0. The highest BCUT2D eigenvalue weighted by Crippen LogP contribution is 2.36. The van der Waals surface area contributed by atoms with Crippen LogP contribution in [0.25, 0.3) is 0 Å². The Balaban J connectivity index is 1.82. The summed E-state index contributed by atoms with van der Waals surface area (Å²) >= 11 is 0. The Hall–Kier alpha value is 0. The Morgan fingerprint density at radius 3 is 1.46 bits per heavy atom. The molecule has 2 atom stereocenters. The average Bonchev–Trinajstić information content (AvgIpc) is 2.68. The minimum Gasteiger partial charge on any atom is -0.0654 e. The van der Waals surface area contributed by atoms with E-state index in [4.69, 9.17) is 0 Å². The molecule has 0 aromatic heterocycles. The molecule has 0 heterocycles. The molecule has 0 radical (unpaired) electrons. The first-order valence-corrected chi connectivity index (χ1v) is 12.9. The molecule has 0 N–H and O–H groups in total. The third kappa shape index (κ3) is 9.80. The Kier molecular flexibility index (Phi) is 12.8. The van der Waals surface area contributed by atoms with Crippen LogP contribution >= 0.6 is 0 Å². The second kappa shape index (κ2) is 15.0. The smallest absolute Gasteiger partial charge is 0.0386 e. The third-order valence-corrected chi connectivity index (χ3v) is 7.66. The second-order valence-corrected chi connectivity index (χ2v) is 9.86. The number of rotatable bonds is 5. The van der Waals surface area contributed by atoms with Crippen molar-refractivity contribution in [3.63, 3.8) is 0 Å². The van der Waals surface area contributed by atoms with Crippen LogP contribution in [-0.2, 0) is 0 Å². The van der Waals surface area contributed by atoms with Gasteiger partial charge >= 0.3 is 0 Å². The van der Waals surface area contributed by atoms with Crippen LogP contribution in [0.15, 0.2) is 0 Å². The van der Waals surface area contributed by atoms with Gasteiger partial charge in [-0.3, -0.25) is 0 Å². The molecule has 0 nitrogen and oxygen atoms in total. The van der Waals surface area contributed by atoms with Crippen LogP contribution in [0, 0.1) is 17.8 Å². The fourth-order valence-electron chi connectivity index (χ4n) is 5.91. The Bertz CT molecular complexity index is 301. The van der Waals surface area contributed by atoms with Gasteiger partial charge in [0.05, 0.1) is 0 Å². The summed E-state index contributed by atoms with van der Waals surface area (Å²) in [6.07, 6.45) is 33.4. The molecule has 2 saturated carbocycles. The van der Waals surface area contributed by atoms with E-state index in [-0.39, 0.29) is 0 Å². The van der Waals surface area contributed by atoms with Gasteiger partial charge in [-0.1, -0.05) is 148 Å². The molecule has 0 heteroatoms. The van der Waals surface area contributed by atoms with Gasteiger partial charge in [0.2, 0.25) is 0 Å². The molecule has 0 bridgehead atoms. The zero-order valence-electron chi connectivity index (χ0n) is 18.3. The van der Waals surface area contributed by atoms with Crippen LogP contribution in [0.4, 0.5) is 0 Å². The van der Waals surface area contributed by atoms with E-state index in [1.807, 2.05) is 0 Å². The van der Waals surface area contributed by atoms with Crippen molar-refractivity contribution in [2.75, 3.05) is 0 Å². The van der Waals surface area contributed by atoms with Crippen LogP contribution in [0.2, 0.25) is 0 Å². The van der Waals surface area contributed by atoms with Gasteiger partial charge < -0.3 is 0 Å². The standard InChI is InChI=1S/C26H50/c1-2-3-11-17-24-18-12-8-6-4-5-7-9-13-20-26(23-16-19-24)25-21-14-10-15-22-25/h24-26H,2-23H2,1H3. The van der Waals surface area contributed by atoms with E-state index in [1.165, 1.54) is 109 Å². The zero-order chi connectivity index (χ0) is 18.3. The summed E-state index contributed by atoms with van der Waals surface area (Å²) in [6.45, 7) is 2.35. The van der Waals surface area contributed by atoms with E-state index < -0.39 is 0 Å². The maximum atomic E-state index is 2.35. The van der Waals surface area contributed by atoms with Crippen molar-refractivity contribution >= 4 is 0 Å². The van der Waals surface area contributed by atoms with Crippen LogP contribution in [0.3, 0.4) is 0 Å². The molecule has 2 rings (SSSR count). The average molecular weight is 363 g/mol. The monoisotopic (exact) mass is 362 g/mol. The van der Waals surface area contributed by atoms with Crippen molar-refractivity contribution in [3.8, 4) is 0 Å². The van der Waals surface area contributed by atoms with Crippen LogP contribution in [0.1, 0.15) is 148 Å². The summed E-state index contributed by atoms with van der Waals surface area (Å²) in [6, 6.07) is 0. The van der Waals surface area contributed by atoms with Crippen molar-refractivity contribution in [1.29, 1.82) is 0 Å². The summed E-state index contributed by atoms with van der Waals surface area (Å²) in [4.78, 5) is 0. The molecule has 0 aromatic carbocycles. The minimum atomic E-state index is 1.05. The second-order valence-electron chi connectivity index (χ2n) is 9.86. The van der Waals surface area contributed by atoms with E-state index in [0.717, 1.165) is 17.8 Å².